The van der Waals surface area contributed by atoms with E-state index in [2.05, 4.69) is 20.7 Å². The Hall–Kier alpha value is -1.11. The first-order valence-corrected chi connectivity index (χ1v) is 9.51. The quantitative estimate of drug-likeness (QED) is 0.840. The summed E-state index contributed by atoms with van der Waals surface area (Å²) < 4.78 is 48.2. The van der Waals surface area contributed by atoms with Crippen molar-refractivity contribution in [3.05, 3.63) is 28.2 Å². The average Bonchev–Trinajstić information content (AvgIpc) is 2.26. The lowest BCUT2D eigenvalue weighted by Crippen LogP contribution is -2.22. The molecule has 0 bridgehead atoms. The highest BCUT2D eigenvalue weighted by molar-refractivity contribution is 9.10. The molecule has 0 saturated heterocycles. The van der Waals surface area contributed by atoms with Crippen molar-refractivity contribution >= 4 is 41.5 Å². The molecular formula is C10H11BrN2O4S2. The molecule has 104 valence electrons. The average molecular weight is 367 g/mol. The summed E-state index contributed by atoms with van der Waals surface area (Å²) >= 11 is 3.16. The predicted molar refractivity (Wildman–Crippen MR) is 76.0 cm³/mol. The van der Waals surface area contributed by atoms with E-state index in [1.165, 1.54) is 12.1 Å². The van der Waals surface area contributed by atoms with Gasteiger partial charge in [0.15, 0.2) is 0 Å². The number of rotatable bonds is 5. The Balaban J connectivity index is 2.96. The molecule has 1 rings (SSSR count). The van der Waals surface area contributed by atoms with Crippen LogP contribution in [0, 0.1) is 11.3 Å². The topological polar surface area (TPSA) is 104 Å². The van der Waals surface area contributed by atoms with Crippen LogP contribution in [0.15, 0.2) is 22.7 Å². The summed E-state index contributed by atoms with van der Waals surface area (Å²) in [6.45, 7) is 0. The molecule has 6 nitrogen and oxygen atoms in total. The molecule has 0 aliphatic rings. The third-order valence-electron chi connectivity index (χ3n) is 2.09. The predicted octanol–water partition coefficient (Wildman–Crippen LogP) is 1.11. The van der Waals surface area contributed by atoms with Gasteiger partial charge in [-0.3, -0.25) is 4.72 Å². The highest BCUT2D eigenvalue weighted by atomic mass is 79.9. The molecule has 0 unspecified atom stereocenters. The minimum absolute atomic E-state index is 0.116. The molecule has 0 radical (unpaired) electrons. The van der Waals surface area contributed by atoms with Crippen LogP contribution in [0.3, 0.4) is 0 Å². The second-order valence-corrected chi connectivity index (χ2v) is 8.87. The number of anilines is 1. The maximum Gasteiger partial charge on any atom is 0.233 e. The van der Waals surface area contributed by atoms with Crippen LogP contribution < -0.4 is 4.72 Å². The fourth-order valence-electron chi connectivity index (χ4n) is 1.18. The molecule has 1 N–H and O–H groups in total. The van der Waals surface area contributed by atoms with Crippen molar-refractivity contribution in [2.24, 2.45) is 0 Å². The number of hydrogen-bond acceptors (Lipinski definition) is 5. The van der Waals surface area contributed by atoms with Crippen LogP contribution in [0.5, 0.6) is 0 Å². The van der Waals surface area contributed by atoms with Gasteiger partial charge >= 0.3 is 0 Å². The highest BCUT2D eigenvalue weighted by Crippen LogP contribution is 2.21. The van der Waals surface area contributed by atoms with Crippen molar-refractivity contribution in [2.45, 2.75) is 0 Å². The van der Waals surface area contributed by atoms with Crippen molar-refractivity contribution in [2.75, 3.05) is 22.5 Å². The van der Waals surface area contributed by atoms with Gasteiger partial charge in [-0.15, -0.1) is 0 Å². The zero-order chi connectivity index (χ0) is 14.7. The molecule has 0 aliphatic carbocycles. The smallest absolute Gasteiger partial charge is 0.233 e. The molecule has 1 aromatic carbocycles. The number of nitrogens with zero attached hydrogens (tertiary/aromatic N) is 1. The molecule has 0 fully saturated rings. The lowest BCUT2D eigenvalue weighted by atomic mass is 10.2. The Morgan fingerprint density at radius 1 is 1.26 bits per heavy atom. The lowest BCUT2D eigenvalue weighted by molar-refractivity contribution is 0.593. The summed E-state index contributed by atoms with van der Waals surface area (Å²) in [4.78, 5) is 0. The van der Waals surface area contributed by atoms with Gasteiger partial charge in [0.2, 0.25) is 10.0 Å². The molecule has 0 aromatic heterocycles. The van der Waals surface area contributed by atoms with Gasteiger partial charge in [0.25, 0.3) is 0 Å². The molecule has 0 atom stereocenters. The van der Waals surface area contributed by atoms with Gasteiger partial charge in [-0.2, -0.15) is 5.26 Å². The molecule has 19 heavy (non-hydrogen) atoms. The lowest BCUT2D eigenvalue weighted by Gasteiger charge is -2.09. The van der Waals surface area contributed by atoms with Crippen LogP contribution in [0.1, 0.15) is 5.56 Å². The Bertz CT molecular complexity index is 720. The van der Waals surface area contributed by atoms with E-state index < -0.39 is 31.4 Å². The number of nitrogens with one attached hydrogen (secondary N) is 1. The van der Waals surface area contributed by atoms with Crippen LogP contribution in [0.2, 0.25) is 0 Å². The van der Waals surface area contributed by atoms with Crippen molar-refractivity contribution < 1.29 is 16.8 Å². The molecular weight excluding hydrogens is 356 g/mol. The van der Waals surface area contributed by atoms with Gasteiger partial charge in [-0.05, 0) is 18.2 Å². The Labute approximate surface area is 120 Å². The Kier molecular flexibility index (Phi) is 4.95. The standard InChI is InChI=1S/C10H11BrN2O4S2/c1-18(14,15)4-5-19(16,17)13-10-6-9(11)3-2-8(10)7-12/h2-3,6,13H,4-5H2,1H3. The maximum atomic E-state index is 11.7. The van der Waals surface area contributed by atoms with Crippen molar-refractivity contribution in [3.8, 4) is 6.07 Å². The van der Waals surface area contributed by atoms with Crippen LogP contribution in [0.25, 0.3) is 0 Å². The normalized spacial score (nSPS) is 11.8. The summed E-state index contributed by atoms with van der Waals surface area (Å²) in [5.74, 6) is -1.03. The van der Waals surface area contributed by atoms with E-state index in [0.717, 1.165) is 6.26 Å². The molecule has 0 aliphatic heterocycles. The summed E-state index contributed by atoms with van der Waals surface area (Å²) in [6.07, 6.45) is 0.961. The van der Waals surface area contributed by atoms with Gasteiger partial charge in [0, 0.05) is 10.7 Å². The Morgan fingerprint density at radius 2 is 1.89 bits per heavy atom. The first kappa shape index (κ1) is 15.9. The minimum atomic E-state index is -3.82. The molecule has 0 amide bonds. The molecule has 0 heterocycles. The number of nitriles is 1. The van der Waals surface area contributed by atoms with Crippen molar-refractivity contribution in [1.82, 2.24) is 0 Å². The van der Waals surface area contributed by atoms with E-state index in [-0.39, 0.29) is 11.3 Å². The van der Waals surface area contributed by atoms with Crippen LogP contribution in [0.4, 0.5) is 5.69 Å². The van der Waals surface area contributed by atoms with Gasteiger partial charge in [-0.25, -0.2) is 16.8 Å². The number of sulfone groups is 1. The number of hydrogen-bond donors (Lipinski definition) is 1. The number of sulfonamides is 1. The second kappa shape index (κ2) is 5.90. The first-order valence-electron chi connectivity index (χ1n) is 5.01. The molecule has 1 aromatic rings. The van der Waals surface area contributed by atoms with E-state index in [9.17, 15) is 16.8 Å². The molecule has 0 spiro atoms. The number of benzene rings is 1. The largest absolute Gasteiger partial charge is 0.282 e. The summed E-state index contributed by atoms with van der Waals surface area (Å²) in [5, 5.41) is 8.87. The van der Waals surface area contributed by atoms with Crippen LogP contribution in [-0.4, -0.2) is 34.6 Å². The Morgan fingerprint density at radius 3 is 2.42 bits per heavy atom. The van der Waals surface area contributed by atoms with E-state index in [0.29, 0.717) is 4.47 Å². The fraction of sp³-hybridized carbons (Fsp3) is 0.300. The third kappa shape index (κ3) is 5.59. The van der Waals surface area contributed by atoms with Gasteiger partial charge in [-0.1, -0.05) is 15.9 Å². The first-order chi connectivity index (χ1) is 8.63. The second-order valence-electron chi connectivity index (χ2n) is 3.85. The van der Waals surface area contributed by atoms with Crippen molar-refractivity contribution in [1.29, 1.82) is 5.26 Å². The van der Waals surface area contributed by atoms with Crippen LogP contribution >= 0.6 is 15.9 Å². The van der Waals surface area contributed by atoms with E-state index >= 15 is 0 Å². The summed E-state index contributed by atoms with van der Waals surface area (Å²) in [7, 11) is -7.19. The summed E-state index contributed by atoms with van der Waals surface area (Å²) in [6, 6.07) is 6.35. The fourth-order valence-corrected chi connectivity index (χ4v) is 4.23. The minimum Gasteiger partial charge on any atom is -0.282 e. The molecule has 0 saturated carbocycles. The third-order valence-corrected chi connectivity index (χ3v) is 5.06. The zero-order valence-electron chi connectivity index (χ0n) is 9.92. The van der Waals surface area contributed by atoms with Gasteiger partial charge in [0.05, 0.1) is 22.8 Å². The van der Waals surface area contributed by atoms with Gasteiger partial charge in [0.1, 0.15) is 15.9 Å². The maximum absolute atomic E-state index is 11.7. The monoisotopic (exact) mass is 366 g/mol. The van der Waals surface area contributed by atoms with Gasteiger partial charge < -0.3 is 0 Å². The van der Waals surface area contributed by atoms with E-state index in [1.54, 1.807) is 6.07 Å². The summed E-state index contributed by atoms with van der Waals surface area (Å²) in [5.41, 5.74) is 0.275. The van der Waals surface area contributed by atoms with Crippen molar-refractivity contribution in [3.63, 3.8) is 0 Å². The van der Waals surface area contributed by atoms with E-state index in [4.69, 9.17) is 5.26 Å². The SMILES string of the molecule is CS(=O)(=O)CCS(=O)(=O)Nc1cc(Br)ccc1C#N. The van der Waals surface area contributed by atoms with E-state index in [1.807, 2.05) is 6.07 Å². The van der Waals surface area contributed by atoms with Crippen LogP contribution in [-0.2, 0) is 19.9 Å². The zero-order valence-corrected chi connectivity index (χ0v) is 13.1. The molecule has 9 heteroatoms. The number of halogens is 1. The highest BCUT2D eigenvalue weighted by Gasteiger charge is 2.16.